The summed E-state index contributed by atoms with van der Waals surface area (Å²) in [4.78, 5) is 12.0. The second kappa shape index (κ2) is 7.46. The summed E-state index contributed by atoms with van der Waals surface area (Å²) < 4.78 is 5.10. The lowest BCUT2D eigenvalue weighted by molar-refractivity contribution is -0.115. The molecular weight excluding hydrogens is 264 g/mol. The molecule has 0 heterocycles. The Morgan fingerprint density at radius 2 is 1.95 bits per heavy atom. The Labute approximate surface area is 127 Å². The van der Waals surface area contributed by atoms with E-state index in [0.717, 1.165) is 23.8 Å². The van der Waals surface area contributed by atoms with E-state index in [-0.39, 0.29) is 5.91 Å². The van der Waals surface area contributed by atoms with Crippen molar-refractivity contribution < 1.29 is 9.53 Å². The molecule has 2 N–H and O–H groups in total. The zero-order valence-electron chi connectivity index (χ0n) is 13.2. The monoisotopic (exact) mass is 290 g/mol. The zero-order valence-corrected chi connectivity index (χ0v) is 13.2. The van der Waals surface area contributed by atoms with Gasteiger partial charge in [-0.05, 0) is 55.4 Å². The molecule has 116 valence electrons. The van der Waals surface area contributed by atoms with Crippen LogP contribution in [0, 0.1) is 11.8 Å². The Bertz CT molecular complexity index is 458. The minimum Gasteiger partial charge on any atom is -0.497 e. The maximum atomic E-state index is 12.0. The molecule has 4 nitrogen and oxygen atoms in total. The van der Waals surface area contributed by atoms with Crippen molar-refractivity contribution in [2.24, 2.45) is 11.8 Å². The smallest absolute Gasteiger partial charge is 0.238 e. The average Bonchev–Trinajstić information content (AvgIpc) is 2.47. The topological polar surface area (TPSA) is 50.4 Å². The van der Waals surface area contributed by atoms with Gasteiger partial charge in [-0.1, -0.05) is 13.8 Å². The highest BCUT2D eigenvalue weighted by Crippen LogP contribution is 2.28. The first kappa shape index (κ1) is 15.8. The van der Waals surface area contributed by atoms with E-state index in [1.165, 1.54) is 12.8 Å². The highest BCUT2D eigenvalue weighted by Gasteiger charge is 2.25. The molecular formula is C17H26N2O2. The minimum absolute atomic E-state index is 0.00555. The number of ether oxygens (including phenoxy) is 1. The molecule has 0 saturated heterocycles. The fraction of sp³-hybridized carbons (Fsp3) is 0.588. The standard InChI is InChI=1S/C17H26N2O2/c1-12-4-9-16(13(2)10-12)18-11-17(20)19-14-5-7-15(21-3)8-6-14/h5-8,12-13,16,18H,4,9-11H2,1-3H3,(H,19,20). The quantitative estimate of drug-likeness (QED) is 0.876. The fourth-order valence-electron chi connectivity index (χ4n) is 3.07. The van der Waals surface area contributed by atoms with Gasteiger partial charge in [0, 0.05) is 11.7 Å². The lowest BCUT2D eigenvalue weighted by Gasteiger charge is -2.33. The second-order valence-electron chi connectivity index (χ2n) is 6.16. The molecule has 1 fully saturated rings. The van der Waals surface area contributed by atoms with Gasteiger partial charge in [0.05, 0.1) is 13.7 Å². The molecule has 1 saturated carbocycles. The summed E-state index contributed by atoms with van der Waals surface area (Å²) in [6, 6.07) is 7.84. The first-order chi connectivity index (χ1) is 10.1. The Balaban J connectivity index is 1.76. The van der Waals surface area contributed by atoms with Gasteiger partial charge in [-0.2, -0.15) is 0 Å². The number of nitrogens with one attached hydrogen (secondary N) is 2. The largest absolute Gasteiger partial charge is 0.497 e. The summed E-state index contributed by atoms with van der Waals surface area (Å²) >= 11 is 0. The van der Waals surface area contributed by atoms with E-state index in [2.05, 4.69) is 24.5 Å². The van der Waals surface area contributed by atoms with Crippen LogP contribution in [-0.4, -0.2) is 25.6 Å². The number of benzene rings is 1. The van der Waals surface area contributed by atoms with Gasteiger partial charge in [-0.25, -0.2) is 0 Å². The molecule has 0 spiro atoms. The Kier molecular flexibility index (Phi) is 5.62. The highest BCUT2D eigenvalue weighted by atomic mass is 16.5. The minimum atomic E-state index is 0.00555. The number of carbonyl (C=O) groups excluding carboxylic acids is 1. The predicted molar refractivity (Wildman–Crippen MR) is 85.6 cm³/mol. The molecule has 1 aliphatic rings. The van der Waals surface area contributed by atoms with E-state index in [4.69, 9.17) is 4.74 Å². The normalized spacial score (nSPS) is 25.4. The maximum absolute atomic E-state index is 12.0. The highest BCUT2D eigenvalue weighted by molar-refractivity contribution is 5.92. The van der Waals surface area contributed by atoms with Crippen molar-refractivity contribution in [2.75, 3.05) is 19.0 Å². The second-order valence-corrected chi connectivity index (χ2v) is 6.16. The number of hydrogen-bond acceptors (Lipinski definition) is 3. The van der Waals surface area contributed by atoms with Crippen LogP contribution < -0.4 is 15.4 Å². The van der Waals surface area contributed by atoms with Crippen LogP contribution in [-0.2, 0) is 4.79 Å². The lowest BCUT2D eigenvalue weighted by Crippen LogP contribution is -2.42. The van der Waals surface area contributed by atoms with E-state index in [1.54, 1.807) is 7.11 Å². The van der Waals surface area contributed by atoms with Crippen molar-refractivity contribution in [1.82, 2.24) is 5.32 Å². The zero-order chi connectivity index (χ0) is 15.2. The summed E-state index contributed by atoms with van der Waals surface area (Å²) in [6.07, 6.45) is 3.66. The first-order valence-corrected chi connectivity index (χ1v) is 7.75. The summed E-state index contributed by atoms with van der Waals surface area (Å²) in [5.41, 5.74) is 0.799. The third-order valence-corrected chi connectivity index (χ3v) is 4.33. The van der Waals surface area contributed by atoms with Crippen LogP contribution in [0.5, 0.6) is 5.75 Å². The van der Waals surface area contributed by atoms with Crippen LogP contribution in [0.3, 0.4) is 0 Å². The fourth-order valence-corrected chi connectivity index (χ4v) is 3.07. The van der Waals surface area contributed by atoms with Crippen molar-refractivity contribution >= 4 is 11.6 Å². The maximum Gasteiger partial charge on any atom is 0.238 e. The van der Waals surface area contributed by atoms with Gasteiger partial charge in [0.15, 0.2) is 0 Å². The summed E-state index contributed by atoms with van der Waals surface area (Å²) in [6.45, 7) is 4.95. The van der Waals surface area contributed by atoms with Gasteiger partial charge in [-0.15, -0.1) is 0 Å². The van der Waals surface area contributed by atoms with Crippen molar-refractivity contribution in [3.05, 3.63) is 24.3 Å². The number of anilines is 1. The van der Waals surface area contributed by atoms with Gasteiger partial charge in [0.25, 0.3) is 0 Å². The van der Waals surface area contributed by atoms with E-state index < -0.39 is 0 Å². The average molecular weight is 290 g/mol. The van der Waals surface area contributed by atoms with Gasteiger partial charge >= 0.3 is 0 Å². The Morgan fingerprint density at radius 1 is 1.24 bits per heavy atom. The molecule has 0 aliphatic heterocycles. The molecule has 0 radical (unpaired) electrons. The molecule has 4 heteroatoms. The predicted octanol–water partition coefficient (Wildman–Crippen LogP) is 3.05. The Morgan fingerprint density at radius 3 is 2.57 bits per heavy atom. The molecule has 0 bridgehead atoms. The molecule has 0 aromatic heterocycles. The molecule has 1 aromatic carbocycles. The van der Waals surface area contributed by atoms with Crippen molar-refractivity contribution in [2.45, 2.75) is 39.2 Å². The number of hydrogen-bond donors (Lipinski definition) is 2. The van der Waals surface area contributed by atoms with E-state index in [0.29, 0.717) is 18.5 Å². The van der Waals surface area contributed by atoms with Crippen molar-refractivity contribution in [3.8, 4) is 5.75 Å². The van der Waals surface area contributed by atoms with Gasteiger partial charge in [-0.3, -0.25) is 4.79 Å². The third-order valence-electron chi connectivity index (χ3n) is 4.33. The SMILES string of the molecule is COc1ccc(NC(=O)CNC2CCC(C)CC2C)cc1. The first-order valence-electron chi connectivity index (χ1n) is 7.75. The molecule has 1 aliphatic carbocycles. The van der Waals surface area contributed by atoms with E-state index in [1.807, 2.05) is 24.3 Å². The number of carbonyl (C=O) groups is 1. The number of amides is 1. The number of methoxy groups -OCH3 is 1. The van der Waals surface area contributed by atoms with Crippen LogP contribution in [0.15, 0.2) is 24.3 Å². The van der Waals surface area contributed by atoms with Crippen LogP contribution in [0.25, 0.3) is 0 Å². The summed E-state index contributed by atoms with van der Waals surface area (Å²) in [5, 5.41) is 6.30. The van der Waals surface area contributed by atoms with E-state index >= 15 is 0 Å². The van der Waals surface area contributed by atoms with E-state index in [9.17, 15) is 4.79 Å². The summed E-state index contributed by atoms with van der Waals surface area (Å²) in [7, 11) is 1.63. The lowest BCUT2D eigenvalue weighted by atomic mass is 9.80. The van der Waals surface area contributed by atoms with Crippen molar-refractivity contribution in [1.29, 1.82) is 0 Å². The molecule has 1 amide bonds. The van der Waals surface area contributed by atoms with Gasteiger partial charge < -0.3 is 15.4 Å². The van der Waals surface area contributed by atoms with Crippen LogP contribution in [0.2, 0.25) is 0 Å². The summed E-state index contributed by atoms with van der Waals surface area (Å²) in [5.74, 6) is 2.25. The van der Waals surface area contributed by atoms with Crippen LogP contribution in [0.4, 0.5) is 5.69 Å². The third kappa shape index (κ3) is 4.74. The number of rotatable bonds is 5. The van der Waals surface area contributed by atoms with Gasteiger partial charge in [0.1, 0.15) is 5.75 Å². The molecule has 3 atom stereocenters. The molecule has 1 aromatic rings. The molecule has 3 unspecified atom stereocenters. The van der Waals surface area contributed by atoms with Crippen molar-refractivity contribution in [3.63, 3.8) is 0 Å². The molecule has 2 rings (SSSR count). The van der Waals surface area contributed by atoms with Crippen LogP contribution >= 0.6 is 0 Å². The van der Waals surface area contributed by atoms with Gasteiger partial charge in [0.2, 0.25) is 5.91 Å². The Hall–Kier alpha value is -1.55. The van der Waals surface area contributed by atoms with Crippen LogP contribution in [0.1, 0.15) is 33.1 Å². The molecule has 21 heavy (non-hydrogen) atoms.